The molecule has 0 bridgehead atoms. The van der Waals surface area contributed by atoms with Crippen LogP contribution >= 0.6 is 15.9 Å². The lowest BCUT2D eigenvalue weighted by Gasteiger charge is -2.09. The van der Waals surface area contributed by atoms with Crippen molar-refractivity contribution >= 4 is 43.6 Å². The van der Waals surface area contributed by atoms with Gasteiger partial charge < -0.3 is 10.6 Å². The summed E-state index contributed by atoms with van der Waals surface area (Å²) in [6.45, 7) is 1.53. The van der Waals surface area contributed by atoms with Crippen LogP contribution < -0.4 is 10.6 Å². The highest BCUT2D eigenvalue weighted by Gasteiger charge is 2.11. The summed E-state index contributed by atoms with van der Waals surface area (Å²) in [4.78, 5) is 17.1. The molecule has 2 aromatic carbocycles. The van der Waals surface area contributed by atoms with E-state index in [-0.39, 0.29) is 5.91 Å². The molecule has 0 unspecified atom stereocenters. The van der Waals surface area contributed by atoms with Crippen LogP contribution in [0.5, 0.6) is 0 Å². The molecule has 4 nitrogen and oxygen atoms in total. The molecule has 1 heterocycles. The molecule has 118 valence electrons. The second-order valence-corrected chi connectivity index (χ2v) is 6.33. The summed E-state index contributed by atoms with van der Waals surface area (Å²) in [5.41, 5.74) is 2.25. The van der Waals surface area contributed by atoms with Crippen LogP contribution in [0.25, 0.3) is 21.8 Å². The van der Waals surface area contributed by atoms with Gasteiger partial charge in [-0.25, -0.2) is 4.98 Å². The number of fused-ring (bicyclic) bond motifs is 2. The zero-order chi connectivity index (χ0) is 16.2. The minimum atomic E-state index is -0.0735. The average molecular weight is 372 g/mol. The number of halogens is 1. The highest BCUT2D eigenvalue weighted by molar-refractivity contribution is 9.10. The van der Waals surface area contributed by atoms with Crippen molar-refractivity contribution in [3.8, 4) is 0 Å². The Morgan fingerprint density at radius 1 is 1.13 bits per heavy atom. The van der Waals surface area contributed by atoms with Crippen molar-refractivity contribution in [2.24, 2.45) is 0 Å². The Hall–Kier alpha value is -1.98. The van der Waals surface area contributed by atoms with E-state index in [1.165, 1.54) is 0 Å². The molecule has 1 aromatic heterocycles. The number of nitrogens with one attached hydrogen (secondary N) is 2. The van der Waals surface area contributed by atoms with Gasteiger partial charge >= 0.3 is 0 Å². The van der Waals surface area contributed by atoms with Gasteiger partial charge in [0.15, 0.2) is 0 Å². The first-order chi connectivity index (χ1) is 11.2. The van der Waals surface area contributed by atoms with Gasteiger partial charge in [-0.05, 0) is 50.3 Å². The Bertz CT molecular complexity index is 863. The molecule has 0 spiro atoms. The maximum absolute atomic E-state index is 12.4. The van der Waals surface area contributed by atoms with Gasteiger partial charge in [-0.1, -0.05) is 28.1 Å². The lowest BCUT2D eigenvalue weighted by atomic mass is 10.1. The normalized spacial score (nSPS) is 11.0. The molecular weight excluding hydrogens is 354 g/mol. The Kier molecular flexibility index (Phi) is 4.88. The van der Waals surface area contributed by atoms with Crippen LogP contribution in [0.3, 0.4) is 0 Å². The van der Waals surface area contributed by atoms with Crippen LogP contribution in [0, 0.1) is 0 Å². The second kappa shape index (κ2) is 7.06. The number of amides is 1. The Labute approximate surface area is 143 Å². The highest BCUT2D eigenvalue weighted by Crippen LogP contribution is 2.24. The third kappa shape index (κ3) is 3.51. The maximum Gasteiger partial charge on any atom is 0.253 e. The molecular formula is C18H18BrN3O. The van der Waals surface area contributed by atoms with Gasteiger partial charge in [-0.15, -0.1) is 0 Å². The molecule has 0 aliphatic carbocycles. The third-order valence-corrected chi connectivity index (χ3v) is 4.23. The number of benzene rings is 2. The largest absolute Gasteiger partial charge is 0.352 e. The lowest BCUT2D eigenvalue weighted by molar-refractivity contribution is 0.0955. The van der Waals surface area contributed by atoms with E-state index in [0.717, 1.165) is 39.2 Å². The van der Waals surface area contributed by atoms with Gasteiger partial charge in [0.2, 0.25) is 0 Å². The van der Waals surface area contributed by atoms with Gasteiger partial charge in [0.1, 0.15) is 0 Å². The molecule has 0 aliphatic heterocycles. The number of carbonyl (C=O) groups is 1. The third-order valence-electron chi connectivity index (χ3n) is 3.73. The smallest absolute Gasteiger partial charge is 0.253 e. The van der Waals surface area contributed by atoms with Gasteiger partial charge in [-0.2, -0.15) is 0 Å². The van der Waals surface area contributed by atoms with Crippen molar-refractivity contribution in [3.05, 3.63) is 52.5 Å². The fourth-order valence-electron chi connectivity index (χ4n) is 2.58. The molecule has 0 saturated carbocycles. The number of hydrogen-bond acceptors (Lipinski definition) is 3. The van der Waals surface area contributed by atoms with Gasteiger partial charge in [-0.3, -0.25) is 4.79 Å². The highest BCUT2D eigenvalue weighted by atomic mass is 79.9. The van der Waals surface area contributed by atoms with E-state index in [0.29, 0.717) is 12.1 Å². The van der Waals surface area contributed by atoms with Gasteiger partial charge in [0.05, 0.1) is 16.6 Å². The van der Waals surface area contributed by atoms with Crippen molar-refractivity contribution in [2.45, 2.75) is 6.42 Å². The molecule has 0 fully saturated rings. The molecule has 23 heavy (non-hydrogen) atoms. The van der Waals surface area contributed by atoms with E-state index < -0.39 is 0 Å². The van der Waals surface area contributed by atoms with Crippen molar-refractivity contribution in [3.63, 3.8) is 0 Å². The minimum absolute atomic E-state index is 0.0735. The van der Waals surface area contributed by atoms with Crippen LogP contribution in [-0.4, -0.2) is 31.0 Å². The summed E-state index contributed by atoms with van der Waals surface area (Å²) in [6, 6.07) is 13.7. The first-order valence-electron chi connectivity index (χ1n) is 7.61. The zero-order valence-electron chi connectivity index (χ0n) is 12.9. The van der Waals surface area contributed by atoms with Crippen LogP contribution in [0.4, 0.5) is 0 Å². The number of carbonyl (C=O) groups excluding carboxylic acids is 1. The van der Waals surface area contributed by atoms with Crippen molar-refractivity contribution < 1.29 is 4.79 Å². The predicted molar refractivity (Wildman–Crippen MR) is 97.8 cm³/mol. The quantitative estimate of drug-likeness (QED) is 0.533. The van der Waals surface area contributed by atoms with E-state index in [4.69, 9.17) is 4.98 Å². The topological polar surface area (TPSA) is 54.0 Å². The molecule has 0 aliphatic rings. The second-order valence-electron chi connectivity index (χ2n) is 5.42. The first kappa shape index (κ1) is 15.9. The minimum Gasteiger partial charge on any atom is -0.352 e. The van der Waals surface area contributed by atoms with E-state index in [9.17, 15) is 4.79 Å². The summed E-state index contributed by atoms with van der Waals surface area (Å²) >= 11 is 3.48. The average Bonchev–Trinajstić information content (AvgIpc) is 2.56. The van der Waals surface area contributed by atoms with Crippen LogP contribution in [-0.2, 0) is 0 Å². The number of para-hydroxylation sites is 1. The van der Waals surface area contributed by atoms with Gasteiger partial charge in [0, 0.05) is 21.8 Å². The van der Waals surface area contributed by atoms with E-state index >= 15 is 0 Å². The number of rotatable bonds is 5. The van der Waals surface area contributed by atoms with Crippen LogP contribution in [0.1, 0.15) is 16.8 Å². The predicted octanol–water partition coefficient (Wildman–Crippen LogP) is 3.49. The fraction of sp³-hybridized carbons (Fsp3) is 0.222. The zero-order valence-corrected chi connectivity index (χ0v) is 14.5. The number of pyridine rings is 1. The summed E-state index contributed by atoms with van der Waals surface area (Å²) in [6.07, 6.45) is 0.900. The molecule has 2 N–H and O–H groups in total. The Balaban J connectivity index is 1.97. The monoisotopic (exact) mass is 371 g/mol. The van der Waals surface area contributed by atoms with E-state index in [1.807, 2.05) is 43.4 Å². The van der Waals surface area contributed by atoms with E-state index in [1.54, 1.807) is 0 Å². The lowest BCUT2D eigenvalue weighted by Crippen LogP contribution is -2.26. The van der Waals surface area contributed by atoms with Crippen LogP contribution in [0.15, 0.2) is 46.9 Å². The molecule has 1 amide bonds. The SMILES string of the molecule is CNCCCNC(=O)c1cccc2cc3cc(Br)ccc3nc12. The molecule has 3 rings (SSSR count). The van der Waals surface area contributed by atoms with E-state index in [2.05, 4.69) is 32.6 Å². The summed E-state index contributed by atoms with van der Waals surface area (Å²) in [5, 5.41) is 8.05. The first-order valence-corrected chi connectivity index (χ1v) is 8.40. The number of aromatic nitrogens is 1. The summed E-state index contributed by atoms with van der Waals surface area (Å²) in [5.74, 6) is -0.0735. The van der Waals surface area contributed by atoms with Crippen molar-refractivity contribution in [2.75, 3.05) is 20.1 Å². The van der Waals surface area contributed by atoms with Crippen molar-refractivity contribution in [1.82, 2.24) is 15.6 Å². The van der Waals surface area contributed by atoms with Gasteiger partial charge in [0.25, 0.3) is 5.91 Å². The molecule has 0 atom stereocenters. The molecule has 3 aromatic rings. The van der Waals surface area contributed by atoms with Crippen molar-refractivity contribution in [1.29, 1.82) is 0 Å². The fourth-order valence-corrected chi connectivity index (χ4v) is 2.96. The number of hydrogen-bond donors (Lipinski definition) is 2. The summed E-state index contributed by atoms with van der Waals surface area (Å²) in [7, 11) is 1.90. The number of nitrogens with zero attached hydrogens (tertiary/aromatic N) is 1. The Morgan fingerprint density at radius 2 is 2.00 bits per heavy atom. The Morgan fingerprint density at radius 3 is 2.83 bits per heavy atom. The molecule has 0 saturated heterocycles. The summed E-state index contributed by atoms with van der Waals surface area (Å²) < 4.78 is 1.02. The van der Waals surface area contributed by atoms with Crippen LogP contribution in [0.2, 0.25) is 0 Å². The molecule has 0 radical (unpaired) electrons. The standard InChI is InChI=1S/C18H18BrN3O/c1-20-8-3-9-21-18(23)15-5-2-4-12-10-13-11-14(19)6-7-16(13)22-17(12)15/h2,4-7,10-11,20H,3,8-9H2,1H3,(H,21,23). The molecule has 5 heteroatoms. The maximum atomic E-state index is 12.4.